The maximum Gasteiger partial charge on any atom is 0.411 e. The van der Waals surface area contributed by atoms with Crippen molar-refractivity contribution < 1.29 is 14.3 Å². The molecule has 0 bridgehead atoms. The van der Waals surface area contributed by atoms with Crippen LogP contribution in [0.3, 0.4) is 0 Å². The Morgan fingerprint density at radius 2 is 2.13 bits per heavy atom. The van der Waals surface area contributed by atoms with Crippen LogP contribution in [0.5, 0.6) is 0 Å². The Morgan fingerprint density at radius 1 is 1.37 bits per heavy atom. The molecule has 1 aromatic rings. The van der Waals surface area contributed by atoms with E-state index in [2.05, 4.69) is 11.0 Å². The van der Waals surface area contributed by atoms with E-state index in [1.54, 1.807) is 22.7 Å². The molecule has 0 saturated carbocycles. The van der Waals surface area contributed by atoms with Crippen LogP contribution in [0.15, 0.2) is 24.3 Å². The molecule has 3 rings (SSSR count). The van der Waals surface area contributed by atoms with Crippen LogP contribution in [0.2, 0.25) is 0 Å². The first-order valence-electron chi connectivity index (χ1n) is 10.2. The highest BCUT2D eigenvalue weighted by Crippen LogP contribution is 2.28. The average molecular weight is 431 g/mol. The molecule has 2 heterocycles. The molecule has 2 aliphatic rings. The van der Waals surface area contributed by atoms with Crippen molar-refractivity contribution in [3.8, 4) is 6.07 Å². The molecule has 0 radical (unpaired) electrons. The van der Waals surface area contributed by atoms with Crippen molar-refractivity contribution in [1.29, 1.82) is 5.26 Å². The van der Waals surface area contributed by atoms with E-state index in [0.29, 0.717) is 31.0 Å². The van der Waals surface area contributed by atoms with Crippen LogP contribution < -0.4 is 0 Å². The topological polar surface area (TPSA) is 76.9 Å². The summed E-state index contributed by atoms with van der Waals surface area (Å²) in [5.41, 5.74) is 1.05. The zero-order chi connectivity index (χ0) is 21.9. The number of nitrogens with zero attached hydrogens (tertiary/aromatic N) is 4. The number of benzene rings is 1. The van der Waals surface area contributed by atoms with Crippen molar-refractivity contribution in [2.24, 2.45) is 0 Å². The first kappa shape index (κ1) is 22.4. The number of nitriles is 1. The Balaban J connectivity index is 1.74. The standard InChI is InChI=1S/C22H30N4O3S/c1-22(2,3)29-21(28)26-14-18(11-19(26)20(27)25-8-9-30-15-25)24(4)13-17-7-5-6-16(10-17)12-23/h5-7,10,18-19H,8-9,11,13-15H2,1-4H3/t18-,19-/m0/s1. The minimum Gasteiger partial charge on any atom is -0.444 e. The van der Waals surface area contributed by atoms with Crippen molar-refractivity contribution >= 4 is 23.8 Å². The summed E-state index contributed by atoms with van der Waals surface area (Å²) >= 11 is 1.73. The van der Waals surface area contributed by atoms with Crippen LogP contribution in [-0.2, 0) is 16.1 Å². The normalized spacial score (nSPS) is 21.7. The lowest BCUT2D eigenvalue weighted by Crippen LogP contribution is -2.48. The van der Waals surface area contributed by atoms with E-state index in [4.69, 9.17) is 10.00 Å². The van der Waals surface area contributed by atoms with Gasteiger partial charge in [-0.2, -0.15) is 5.26 Å². The Kier molecular flexibility index (Phi) is 6.94. The first-order valence-corrected chi connectivity index (χ1v) is 11.4. The minimum atomic E-state index is -0.615. The number of ether oxygens (including phenoxy) is 1. The summed E-state index contributed by atoms with van der Waals surface area (Å²) in [6, 6.07) is 9.22. The van der Waals surface area contributed by atoms with E-state index < -0.39 is 17.7 Å². The molecule has 2 amide bonds. The van der Waals surface area contributed by atoms with Gasteiger partial charge in [-0.3, -0.25) is 14.6 Å². The smallest absolute Gasteiger partial charge is 0.411 e. The van der Waals surface area contributed by atoms with E-state index >= 15 is 0 Å². The van der Waals surface area contributed by atoms with Gasteiger partial charge in [-0.1, -0.05) is 12.1 Å². The summed E-state index contributed by atoms with van der Waals surface area (Å²) in [5, 5.41) is 9.13. The number of hydrogen-bond donors (Lipinski definition) is 0. The number of hydrogen-bond acceptors (Lipinski definition) is 6. The second kappa shape index (κ2) is 9.27. The molecule has 162 valence electrons. The predicted octanol–water partition coefficient (Wildman–Crippen LogP) is 2.90. The molecule has 2 saturated heterocycles. The molecule has 0 N–H and O–H groups in total. The van der Waals surface area contributed by atoms with E-state index in [0.717, 1.165) is 17.9 Å². The molecule has 2 aliphatic heterocycles. The maximum absolute atomic E-state index is 13.1. The van der Waals surface area contributed by atoms with Gasteiger partial charge in [0.1, 0.15) is 11.6 Å². The lowest BCUT2D eigenvalue weighted by Gasteiger charge is -2.29. The molecular formula is C22H30N4O3S. The van der Waals surface area contributed by atoms with Gasteiger partial charge < -0.3 is 9.64 Å². The molecule has 8 heteroatoms. The summed E-state index contributed by atoms with van der Waals surface area (Å²) in [5.74, 6) is 1.62. The molecule has 0 spiro atoms. The van der Waals surface area contributed by atoms with Gasteiger partial charge in [0.15, 0.2) is 0 Å². The number of thioether (sulfide) groups is 1. The molecule has 1 aromatic carbocycles. The molecule has 0 unspecified atom stereocenters. The highest BCUT2D eigenvalue weighted by Gasteiger charge is 2.44. The molecule has 7 nitrogen and oxygen atoms in total. The van der Waals surface area contributed by atoms with Crippen LogP contribution in [0.1, 0.15) is 38.3 Å². The van der Waals surface area contributed by atoms with Crippen molar-refractivity contribution in [2.45, 2.75) is 51.4 Å². The van der Waals surface area contributed by atoms with E-state index in [9.17, 15) is 9.59 Å². The van der Waals surface area contributed by atoms with Gasteiger partial charge in [0.05, 0.1) is 17.5 Å². The fraction of sp³-hybridized carbons (Fsp3) is 0.591. The van der Waals surface area contributed by atoms with Gasteiger partial charge in [-0.15, -0.1) is 11.8 Å². The Labute approximate surface area is 182 Å². The zero-order valence-corrected chi connectivity index (χ0v) is 18.9. The SMILES string of the molecule is CN(Cc1cccc(C#N)c1)[C@H]1C[C@@H](C(=O)N2CCSC2)N(C(=O)OC(C)(C)C)C1. The highest BCUT2D eigenvalue weighted by molar-refractivity contribution is 7.99. The number of likely N-dealkylation sites (N-methyl/N-ethyl adjacent to an activating group) is 1. The predicted molar refractivity (Wildman–Crippen MR) is 117 cm³/mol. The number of likely N-dealkylation sites (tertiary alicyclic amines) is 1. The van der Waals surface area contributed by atoms with Crippen LogP contribution in [0.25, 0.3) is 0 Å². The fourth-order valence-corrected chi connectivity index (χ4v) is 4.80. The Bertz CT molecular complexity index is 826. The lowest BCUT2D eigenvalue weighted by molar-refractivity contribution is -0.134. The van der Waals surface area contributed by atoms with Crippen molar-refractivity contribution in [2.75, 3.05) is 31.8 Å². The van der Waals surface area contributed by atoms with E-state index in [-0.39, 0.29) is 11.9 Å². The van der Waals surface area contributed by atoms with Crippen molar-refractivity contribution in [3.63, 3.8) is 0 Å². The molecule has 30 heavy (non-hydrogen) atoms. The second-order valence-corrected chi connectivity index (χ2v) is 9.98. The third-order valence-electron chi connectivity index (χ3n) is 5.37. The summed E-state index contributed by atoms with van der Waals surface area (Å²) < 4.78 is 5.60. The minimum absolute atomic E-state index is 0.00763. The monoisotopic (exact) mass is 430 g/mol. The quantitative estimate of drug-likeness (QED) is 0.731. The number of carbonyl (C=O) groups excluding carboxylic acids is 2. The number of carbonyl (C=O) groups is 2. The lowest BCUT2D eigenvalue weighted by atomic mass is 10.1. The van der Waals surface area contributed by atoms with E-state index in [1.165, 1.54) is 0 Å². The van der Waals surface area contributed by atoms with Crippen LogP contribution in [0, 0.1) is 11.3 Å². The van der Waals surface area contributed by atoms with Crippen molar-refractivity contribution in [3.05, 3.63) is 35.4 Å². The molecule has 0 aromatic heterocycles. The third kappa shape index (κ3) is 5.46. The number of amides is 2. The van der Waals surface area contributed by atoms with Crippen LogP contribution in [0.4, 0.5) is 4.79 Å². The van der Waals surface area contributed by atoms with Gasteiger partial charge in [0, 0.05) is 31.4 Å². The van der Waals surface area contributed by atoms with Gasteiger partial charge in [-0.05, 0) is 51.9 Å². The first-order chi connectivity index (χ1) is 14.2. The fourth-order valence-electron chi connectivity index (χ4n) is 3.84. The van der Waals surface area contributed by atoms with Crippen LogP contribution in [-0.4, -0.2) is 76.2 Å². The highest BCUT2D eigenvalue weighted by atomic mass is 32.2. The van der Waals surface area contributed by atoms with Crippen LogP contribution >= 0.6 is 11.8 Å². The largest absolute Gasteiger partial charge is 0.444 e. The third-order valence-corrected chi connectivity index (χ3v) is 6.33. The van der Waals surface area contributed by atoms with Gasteiger partial charge >= 0.3 is 6.09 Å². The van der Waals surface area contributed by atoms with Gasteiger partial charge in [0.2, 0.25) is 5.91 Å². The molecular weight excluding hydrogens is 400 g/mol. The Hall–Kier alpha value is -2.24. The summed E-state index contributed by atoms with van der Waals surface area (Å²) in [7, 11) is 2.00. The van der Waals surface area contributed by atoms with E-state index in [1.807, 2.05) is 50.9 Å². The molecule has 2 atom stereocenters. The van der Waals surface area contributed by atoms with Crippen molar-refractivity contribution in [1.82, 2.24) is 14.7 Å². The van der Waals surface area contributed by atoms with Gasteiger partial charge in [0.25, 0.3) is 0 Å². The molecule has 2 fully saturated rings. The average Bonchev–Trinajstić information content (AvgIpc) is 3.36. The summed E-state index contributed by atoms with van der Waals surface area (Å²) in [4.78, 5) is 31.6. The van der Waals surface area contributed by atoms with Gasteiger partial charge in [-0.25, -0.2) is 4.79 Å². The Morgan fingerprint density at radius 3 is 2.77 bits per heavy atom. The second-order valence-electron chi connectivity index (χ2n) is 8.90. The summed E-state index contributed by atoms with van der Waals surface area (Å²) in [6.45, 7) is 7.31. The number of rotatable bonds is 4. The molecule has 0 aliphatic carbocycles. The zero-order valence-electron chi connectivity index (χ0n) is 18.1. The summed E-state index contributed by atoms with van der Waals surface area (Å²) in [6.07, 6.45) is 0.142. The maximum atomic E-state index is 13.1.